The fraction of sp³-hybridized carbons (Fsp3) is 0.160. The minimum atomic E-state index is -0.884. The lowest BCUT2D eigenvalue weighted by atomic mass is 10.1. The van der Waals surface area contributed by atoms with E-state index >= 15 is 0 Å². The standard InChI is InChI=1S/C25H24N2O6/c1-16-7-9-17(10-8-16)14-26-24(30)19-5-3-4-6-21(19)27-23(29)15-33-25(31)20-13-18(32-2)11-12-22(20)28/h3-13,28H,14-15H2,1-2H3,(H,26,30)(H,27,29). The molecule has 0 unspecified atom stereocenters. The minimum Gasteiger partial charge on any atom is -0.507 e. The van der Waals surface area contributed by atoms with Gasteiger partial charge in [-0.2, -0.15) is 0 Å². The first-order valence-corrected chi connectivity index (χ1v) is 10.1. The van der Waals surface area contributed by atoms with E-state index in [0.717, 1.165) is 11.1 Å². The molecule has 0 aliphatic heterocycles. The third kappa shape index (κ3) is 6.33. The average molecular weight is 448 g/mol. The van der Waals surface area contributed by atoms with E-state index in [4.69, 9.17) is 9.47 Å². The van der Waals surface area contributed by atoms with Crippen molar-refractivity contribution in [2.45, 2.75) is 13.5 Å². The van der Waals surface area contributed by atoms with Gasteiger partial charge in [-0.3, -0.25) is 9.59 Å². The number of carbonyl (C=O) groups is 3. The summed E-state index contributed by atoms with van der Waals surface area (Å²) in [6, 6.07) is 18.4. The molecule has 0 aromatic heterocycles. The summed E-state index contributed by atoms with van der Waals surface area (Å²) in [4.78, 5) is 37.2. The highest BCUT2D eigenvalue weighted by Crippen LogP contribution is 2.23. The number of phenolic OH excluding ortho intramolecular Hbond substituents is 1. The van der Waals surface area contributed by atoms with Crippen LogP contribution in [0.4, 0.5) is 5.69 Å². The molecule has 8 nitrogen and oxygen atoms in total. The molecular formula is C25H24N2O6. The number of anilines is 1. The summed E-state index contributed by atoms with van der Waals surface area (Å²) in [5.41, 5.74) is 2.50. The van der Waals surface area contributed by atoms with E-state index in [1.807, 2.05) is 31.2 Å². The van der Waals surface area contributed by atoms with Gasteiger partial charge in [-0.15, -0.1) is 0 Å². The molecule has 0 aliphatic rings. The van der Waals surface area contributed by atoms with Crippen molar-refractivity contribution in [1.82, 2.24) is 5.32 Å². The highest BCUT2D eigenvalue weighted by atomic mass is 16.5. The lowest BCUT2D eigenvalue weighted by Crippen LogP contribution is -2.26. The van der Waals surface area contributed by atoms with Crippen molar-refractivity contribution in [2.75, 3.05) is 19.0 Å². The first-order valence-electron chi connectivity index (χ1n) is 10.1. The zero-order valence-electron chi connectivity index (χ0n) is 18.3. The summed E-state index contributed by atoms with van der Waals surface area (Å²) < 4.78 is 10.0. The summed E-state index contributed by atoms with van der Waals surface area (Å²) >= 11 is 0. The largest absolute Gasteiger partial charge is 0.507 e. The third-order valence-electron chi connectivity index (χ3n) is 4.78. The normalized spacial score (nSPS) is 10.2. The Balaban J connectivity index is 1.59. The van der Waals surface area contributed by atoms with Crippen LogP contribution in [-0.4, -0.2) is 36.6 Å². The van der Waals surface area contributed by atoms with Crippen LogP contribution in [0.3, 0.4) is 0 Å². The van der Waals surface area contributed by atoms with Crippen molar-refractivity contribution in [3.8, 4) is 11.5 Å². The third-order valence-corrected chi connectivity index (χ3v) is 4.78. The van der Waals surface area contributed by atoms with Gasteiger partial charge in [-0.25, -0.2) is 4.79 Å². The maximum absolute atomic E-state index is 12.6. The molecule has 0 atom stereocenters. The predicted octanol–water partition coefficient (Wildman–Crippen LogP) is 3.43. The van der Waals surface area contributed by atoms with Crippen LogP contribution in [-0.2, 0) is 16.1 Å². The van der Waals surface area contributed by atoms with Gasteiger partial charge in [0.2, 0.25) is 0 Å². The molecule has 3 aromatic rings. The molecule has 0 fully saturated rings. The van der Waals surface area contributed by atoms with Gasteiger partial charge in [0, 0.05) is 6.54 Å². The zero-order chi connectivity index (χ0) is 23.8. The molecule has 2 amide bonds. The maximum Gasteiger partial charge on any atom is 0.342 e. The topological polar surface area (TPSA) is 114 Å². The van der Waals surface area contributed by atoms with Crippen molar-refractivity contribution < 1.29 is 29.0 Å². The Morgan fingerprint density at radius 2 is 1.67 bits per heavy atom. The van der Waals surface area contributed by atoms with Crippen LogP contribution < -0.4 is 15.4 Å². The minimum absolute atomic E-state index is 0.127. The second-order valence-corrected chi connectivity index (χ2v) is 7.22. The molecule has 3 aromatic carbocycles. The Kier molecular flexibility index (Phi) is 7.64. The van der Waals surface area contributed by atoms with Gasteiger partial charge in [0.25, 0.3) is 11.8 Å². The van der Waals surface area contributed by atoms with E-state index in [-0.39, 0.29) is 28.5 Å². The fourth-order valence-corrected chi connectivity index (χ4v) is 2.97. The van der Waals surface area contributed by atoms with Gasteiger partial charge in [-0.1, -0.05) is 42.0 Å². The van der Waals surface area contributed by atoms with E-state index in [0.29, 0.717) is 12.3 Å². The monoisotopic (exact) mass is 448 g/mol. The predicted molar refractivity (Wildman–Crippen MR) is 122 cm³/mol. The molecule has 170 valence electrons. The first-order chi connectivity index (χ1) is 15.9. The van der Waals surface area contributed by atoms with Gasteiger partial charge in [-0.05, 0) is 42.8 Å². The summed E-state index contributed by atoms with van der Waals surface area (Å²) in [5.74, 6) is -1.81. The number of para-hydroxylation sites is 1. The van der Waals surface area contributed by atoms with Gasteiger partial charge < -0.3 is 25.2 Å². The first kappa shape index (κ1) is 23.3. The van der Waals surface area contributed by atoms with Crippen LogP contribution in [0, 0.1) is 6.92 Å². The molecule has 0 bridgehead atoms. The summed E-state index contributed by atoms with van der Waals surface area (Å²) in [7, 11) is 1.42. The number of nitrogens with one attached hydrogen (secondary N) is 2. The molecule has 0 aliphatic carbocycles. The number of aromatic hydroxyl groups is 1. The molecule has 8 heteroatoms. The number of amides is 2. The molecule has 3 N–H and O–H groups in total. The smallest absolute Gasteiger partial charge is 0.342 e. The van der Waals surface area contributed by atoms with E-state index in [9.17, 15) is 19.5 Å². The molecular weight excluding hydrogens is 424 g/mol. The molecule has 0 radical (unpaired) electrons. The number of ether oxygens (including phenoxy) is 2. The number of esters is 1. The van der Waals surface area contributed by atoms with Crippen molar-refractivity contribution in [1.29, 1.82) is 0 Å². The van der Waals surface area contributed by atoms with Crippen LogP contribution >= 0.6 is 0 Å². The van der Waals surface area contributed by atoms with Crippen molar-refractivity contribution in [3.63, 3.8) is 0 Å². The number of hydrogen-bond acceptors (Lipinski definition) is 6. The summed E-state index contributed by atoms with van der Waals surface area (Å²) in [6.45, 7) is 1.72. The van der Waals surface area contributed by atoms with E-state index in [2.05, 4.69) is 10.6 Å². The Hall–Kier alpha value is -4.33. The number of phenols is 1. The molecule has 3 rings (SSSR count). The molecule has 0 spiro atoms. The van der Waals surface area contributed by atoms with E-state index in [1.165, 1.54) is 25.3 Å². The van der Waals surface area contributed by atoms with Crippen LogP contribution in [0.1, 0.15) is 31.8 Å². The molecule has 33 heavy (non-hydrogen) atoms. The average Bonchev–Trinajstić information content (AvgIpc) is 2.82. The number of hydrogen-bond donors (Lipinski definition) is 3. The highest BCUT2D eigenvalue weighted by molar-refractivity contribution is 6.04. The van der Waals surface area contributed by atoms with Crippen molar-refractivity contribution in [2.24, 2.45) is 0 Å². The second-order valence-electron chi connectivity index (χ2n) is 7.22. The van der Waals surface area contributed by atoms with Crippen LogP contribution in [0.2, 0.25) is 0 Å². The van der Waals surface area contributed by atoms with Crippen molar-refractivity contribution >= 4 is 23.5 Å². The lowest BCUT2D eigenvalue weighted by Gasteiger charge is -2.12. The lowest BCUT2D eigenvalue weighted by molar-refractivity contribution is -0.119. The van der Waals surface area contributed by atoms with Gasteiger partial charge in [0.15, 0.2) is 6.61 Å². The fourth-order valence-electron chi connectivity index (χ4n) is 2.97. The van der Waals surface area contributed by atoms with Crippen molar-refractivity contribution in [3.05, 3.63) is 89.0 Å². The highest BCUT2D eigenvalue weighted by Gasteiger charge is 2.17. The quantitative estimate of drug-likeness (QED) is 0.455. The van der Waals surface area contributed by atoms with E-state index < -0.39 is 18.5 Å². The van der Waals surface area contributed by atoms with E-state index in [1.54, 1.807) is 24.3 Å². The van der Waals surface area contributed by atoms with Crippen LogP contribution in [0.5, 0.6) is 11.5 Å². The Morgan fingerprint density at radius 1 is 0.939 bits per heavy atom. The zero-order valence-corrected chi connectivity index (χ0v) is 18.3. The van der Waals surface area contributed by atoms with Gasteiger partial charge in [0.1, 0.15) is 17.1 Å². The second kappa shape index (κ2) is 10.8. The molecule has 0 saturated carbocycles. The van der Waals surface area contributed by atoms with Gasteiger partial charge >= 0.3 is 5.97 Å². The van der Waals surface area contributed by atoms with Crippen LogP contribution in [0.15, 0.2) is 66.7 Å². The SMILES string of the molecule is COc1ccc(O)c(C(=O)OCC(=O)Nc2ccccc2C(=O)NCc2ccc(C)cc2)c1. The number of carbonyl (C=O) groups excluding carboxylic acids is 3. The number of methoxy groups -OCH3 is 1. The summed E-state index contributed by atoms with van der Waals surface area (Å²) in [5, 5.41) is 15.2. The molecule has 0 heterocycles. The number of aryl methyl sites for hydroxylation is 1. The Bertz CT molecular complexity index is 1160. The Morgan fingerprint density at radius 3 is 2.39 bits per heavy atom. The Labute approximate surface area is 191 Å². The van der Waals surface area contributed by atoms with Gasteiger partial charge in [0.05, 0.1) is 18.4 Å². The number of rotatable bonds is 8. The van der Waals surface area contributed by atoms with Crippen LogP contribution in [0.25, 0.3) is 0 Å². The molecule has 0 saturated heterocycles. The maximum atomic E-state index is 12.6. The summed E-state index contributed by atoms with van der Waals surface area (Å²) in [6.07, 6.45) is 0. The number of benzene rings is 3.